The first-order valence-corrected chi connectivity index (χ1v) is 7.56. The van der Waals surface area contributed by atoms with E-state index in [1.54, 1.807) is 0 Å². The molecular weight excluding hydrogens is 292 g/mol. The van der Waals surface area contributed by atoms with Crippen molar-refractivity contribution in [2.24, 2.45) is 24.8 Å². The van der Waals surface area contributed by atoms with Crippen LogP contribution in [0.1, 0.15) is 37.1 Å². The van der Waals surface area contributed by atoms with Gasteiger partial charge in [-0.2, -0.15) is 5.10 Å². The minimum Gasteiger partial charge on any atom is -0.299 e. The Bertz CT molecular complexity index is 494. The van der Waals surface area contributed by atoms with Gasteiger partial charge in [-0.1, -0.05) is 6.42 Å². The van der Waals surface area contributed by atoms with E-state index in [9.17, 15) is 4.79 Å². The third-order valence-corrected chi connectivity index (χ3v) is 5.79. The van der Waals surface area contributed by atoms with Gasteiger partial charge in [-0.3, -0.25) is 9.48 Å². The van der Waals surface area contributed by atoms with Crippen LogP contribution in [0.5, 0.6) is 0 Å². The molecular formula is C14H19BrN2O. The Labute approximate surface area is 116 Å². The maximum atomic E-state index is 12.5. The molecule has 1 aromatic heterocycles. The van der Waals surface area contributed by atoms with Crippen molar-refractivity contribution in [1.82, 2.24) is 9.78 Å². The number of hydrogen-bond acceptors (Lipinski definition) is 2. The highest BCUT2D eigenvalue weighted by molar-refractivity contribution is 9.10. The van der Waals surface area contributed by atoms with E-state index < -0.39 is 0 Å². The van der Waals surface area contributed by atoms with Crippen molar-refractivity contribution in [2.45, 2.75) is 39.0 Å². The first kappa shape index (κ1) is 12.4. The summed E-state index contributed by atoms with van der Waals surface area (Å²) in [5.74, 6) is 2.26. The highest BCUT2D eigenvalue weighted by atomic mass is 79.9. The predicted octanol–water partition coefficient (Wildman–Crippen LogP) is 3.04. The van der Waals surface area contributed by atoms with E-state index in [0.717, 1.165) is 28.2 Å². The molecule has 2 bridgehead atoms. The van der Waals surface area contributed by atoms with Crippen LogP contribution in [0.15, 0.2) is 4.47 Å². The number of carbonyl (C=O) groups is 1. The predicted molar refractivity (Wildman–Crippen MR) is 73.3 cm³/mol. The Hall–Kier alpha value is -0.640. The van der Waals surface area contributed by atoms with Gasteiger partial charge in [0.2, 0.25) is 0 Å². The lowest BCUT2D eigenvalue weighted by Gasteiger charge is -2.20. The van der Waals surface area contributed by atoms with Crippen LogP contribution in [0.2, 0.25) is 0 Å². The summed E-state index contributed by atoms with van der Waals surface area (Å²) in [6, 6.07) is 0. The molecule has 0 aromatic carbocycles. The summed E-state index contributed by atoms with van der Waals surface area (Å²) in [5, 5.41) is 4.36. The van der Waals surface area contributed by atoms with Gasteiger partial charge in [0.05, 0.1) is 15.9 Å². The molecule has 18 heavy (non-hydrogen) atoms. The van der Waals surface area contributed by atoms with Crippen LogP contribution in [0.25, 0.3) is 0 Å². The molecule has 0 N–H and O–H groups in total. The first-order valence-electron chi connectivity index (χ1n) is 6.77. The Morgan fingerprint density at radius 1 is 1.44 bits per heavy atom. The van der Waals surface area contributed by atoms with E-state index in [1.165, 1.54) is 19.3 Å². The maximum Gasteiger partial charge on any atom is 0.142 e. The summed E-state index contributed by atoms with van der Waals surface area (Å²) in [6.07, 6.45) is 5.58. The summed E-state index contributed by atoms with van der Waals surface area (Å²) < 4.78 is 2.84. The van der Waals surface area contributed by atoms with Gasteiger partial charge in [0.25, 0.3) is 0 Å². The largest absolute Gasteiger partial charge is 0.299 e. The topological polar surface area (TPSA) is 34.9 Å². The van der Waals surface area contributed by atoms with Crippen LogP contribution in [0.4, 0.5) is 0 Å². The van der Waals surface area contributed by atoms with Crippen LogP contribution in [-0.4, -0.2) is 15.6 Å². The van der Waals surface area contributed by atoms with Crippen LogP contribution in [-0.2, 0) is 18.3 Å². The van der Waals surface area contributed by atoms with Gasteiger partial charge in [-0.15, -0.1) is 0 Å². The van der Waals surface area contributed by atoms with Gasteiger partial charge in [0, 0.05) is 19.4 Å². The van der Waals surface area contributed by atoms with Crippen molar-refractivity contribution in [2.75, 3.05) is 0 Å². The second kappa shape index (κ2) is 4.48. The number of ketones is 1. The minimum absolute atomic E-state index is 0.325. The molecule has 1 heterocycles. The van der Waals surface area contributed by atoms with Gasteiger partial charge in [-0.25, -0.2) is 0 Å². The van der Waals surface area contributed by atoms with Crippen molar-refractivity contribution in [3.8, 4) is 0 Å². The third kappa shape index (κ3) is 1.94. The summed E-state index contributed by atoms with van der Waals surface area (Å²) in [5.41, 5.74) is 1.99. The Morgan fingerprint density at radius 2 is 2.22 bits per heavy atom. The van der Waals surface area contributed by atoms with Crippen LogP contribution < -0.4 is 0 Å². The van der Waals surface area contributed by atoms with Crippen molar-refractivity contribution >= 4 is 21.7 Å². The third-order valence-electron chi connectivity index (χ3n) is 4.75. The Balaban J connectivity index is 1.75. The molecule has 0 amide bonds. The fourth-order valence-corrected chi connectivity index (χ4v) is 4.28. The number of aryl methyl sites for hydroxylation is 2. The molecule has 0 aliphatic heterocycles. The lowest BCUT2D eigenvalue weighted by atomic mass is 9.84. The molecule has 3 rings (SSSR count). The monoisotopic (exact) mass is 310 g/mol. The van der Waals surface area contributed by atoms with E-state index >= 15 is 0 Å². The van der Waals surface area contributed by atoms with Gasteiger partial charge in [-0.05, 0) is 54.0 Å². The first-order chi connectivity index (χ1) is 8.56. The molecule has 2 aliphatic rings. The zero-order valence-corrected chi connectivity index (χ0v) is 12.5. The second-order valence-corrected chi connectivity index (χ2v) is 6.69. The summed E-state index contributed by atoms with van der Waals surface area (Å²) in [6.45, 7) is 1.97. The molecule has 2 aliphatic carbocycles. The molecule has 0 spiro atoms. The van der Waals surface area contributed by atoms with Gasteiger partial charge < -0.3 is 0 Å². The number of aromatic nitrogens is 2. The fraction of sp³-hybridized carbons (Fsp3) is 0.714. The zero-order chi connectivity index (χ0) is 12.9. The molecule has 2 fully saturated rings. The fourth-order valence-electron chi connectivity index (χ4n) is 3.81. The number of rotatable bonds is 3. The molecule has 1 aromatic rings. The van der Waals surface area contributed by atoms with E-state index in [0.29, 0.717) is 24.0 Å². The number of Topliss-reactive ketones (excluding diaryl/α,β-unsaturated/α-hetero) is 1. The highest BCUT2D eigenvalue weighted by Crippen LogP contribution is 2.48. The molecule has 0 saturated heterocycles. The Kier molecular flexibility index (Phi) is 3.08. The normalized spacial score (nSPS) is 30.1. The highest BCUT2D eigenvalue weighted by Gasteiger charge is 2.42. The zero-order valence-electron chi connectivity index (χ0n) is 10.9. The quantitative estimate of drug-likeness (QED) is 0.860. The summed E-state index contributed by atoms with van der Waals surface area (Å²) in [4.78, 5) is 12.5. The lowest BCUT2D eigenvalue weighted by molar-refractivity contribution is -0.123. The Morgan fingerprint density at radius 3 is 2.72 bits per heavy atom. The van der Waals surface area contributed by atoms with Crippen molar-refractivity contribution in [3.63, 3.8) is 0 Å². The van der Waals surface area contributed by atoms with E-state index in [2.05, 4.69) is 21.0 Å². The molecule has 98 valence electrons. The second-order valence-electron chi connectivity index (χ2n) is 5.89. The molecule has 3 unspecified atom stereocenters. The number of fused-ring (bicyclic) bond motifs is 2. The SMILES string of the molecule is Cc1nn(C)c(CC(=O)C2CC3CCC2C3)c1Br. The van der Waals surface area contributed by atoms with E-state index in [1.807, 2.05) is 18.7 Å². The van der Waals surface area contributed by atoms with Crippen LogP contribution in [0, 0.1) is 24.7 Å². The van der Waals surface area contributed by atoms with Crippen LogP contribution in [0.3, 0.4) is 0 Å². The molecule has 3 nitrogen and oxygen atoms in total. The number of halogens is 1. The number of nitrogens with zero attached hydrogens (tertiary/aromatic N) is 2. The minimum atomic E-state index is 0.325. The van der Waals surface area contributed by atoms with Gasteiger partial charge >= 0.3 is 0 Å². The van der Waals surface area contributed by atoms with Gasteiger partial charge in [0.15, 0.2) is 0 Å². The van der Waals surface area contributed by atoms with Crippen LogP contribution >= 0.6 is 15.9 Å². The van der Waals surface area contributed by atoms with Gasteiger partial charge in [0.1, 0.15) is 5.78 Å². The summed E-state index contributed by atoms with van der Waals surface area (Å²) >= 11 is 3.54. The molecule has 2 saturated carbocycles. The number of carbonyl (C=O) groups excluding carboxylic acids is 1. The summed E-state index contributed by atoms with van der Waals surface area (Å²) in [7, 11) is 1.92. The van der Waals surface area contributed by atoms with Crippen molar-refractivity contribution < 1.29 is 4.79 Å². The average molecular weight is 311 g/mol. The van der Waals surface area contributed by atoms with Crippen molar-refractivity contribution in [1.29, 1.82) is 0 Å². The van der Waals surface area contributed by atoms with E-state index in [4.69, 9.17) is 0 Å². The maximum absolute atomic E-state index is 12.5. The standard InChI is InChI=1S/C14H19BrN2O/c1-8-14(15)12(17(2)16-8)7-13(18)11-6-9-3-4-10(11)5-9/h9-11H,3-7H2,1-2H3. The molecule has 4 heteroatoms. The lowest BCUT2D eigenvalue weighted by Crippen LogP contribution is -2.23. The van der Waals surface area contributed by atoms with E-state index in [-0.39, 0.29) is 0 Å². The molecule has 3 atom stereocenters. The van der Waals surface area contributed by atoms with Crippen molar-refractivity contribution in [3.05, 3.63) is 15.9 Å². The number of hydrogen-bond donors (Lipinski definition) is 0. The average Bonchev–Trinajstić information content (AvgIpc) is 3.00. The smallest absolute Gasteiger partial charge is 0.142 e. The molecule has 0 radical (unpaired) electrons.